The van der Waals surface area contributed by atoms with Gasteiger partial charge in [-0.05, 0) is 49.2 Å². The maximum Gasteiger partial charge on any atom is 0.234 e. The SMILES string of the molecule is COc1ccc(N2CC[C@@]3(CCN(Cc4cccc(Cl)c4)C3)C2=O)cc1OC. The molecule has 0 N–H and O–H groups in total. The van der Waals surface area contributed by atoms with Gasteiger partial charge in [0.1, 0.15) is 0 Å². The molecule has 0 unspecified atom stereocenters. The summed E-state index contributed by atoms with van der Waals surface area (Å²) >= 11 is 6.11. The Hall–Kier alpha value is -2.24. The molecule has 2 aromatic carbocycles. The first-order valence-corrected chi connectivity index (χ1v) is 9.93. The van der Waals surface area contributed by atoms with Crippen LogP contribution in [0.4, 0.5) is 5.69 Å². The number of amides is 1. The second-order valence-electron chi connectivity index (χ2n) is 7.62. The fourth-order valence-corrected chi connectivity index (χ4v) is 4.64. The van der Waals surface area contributed by atoms with Crippen molar-refractivity contribution < 1.29 is 14.3 Å². The monoisotopic (exact) mass is 400 g/mol. The van der Waals surface area contributed by atoms with E-state index in [-0.39, 0.29) is 11.3 Å². The van der Waals surface area contributed by atoms with Gasteiger partial charge in [-0.3, -0.25) is 9.69 Å². The van der Waals surface area contributed by atoms with Gasteiger partial charge in [-0.1, -0.05) is 23.7 Å². The van der Waals surface area contributed by atoms with Crippen molar-refractivity contribution >= 4 is 23.2 Å². The van der Waals surface area contributed by atoms with Crippen LogP contribution < -0.4 is 14.4 Å². The largest absolute Gasteiger partial charge is 0.493 e. The third-order valence-corrected chi connectivity index (χ3v) is 6.15. The summed E-state index contributed by atoms with van der Waals surface area (Å²) in [6.45, 7) is 3.28. The molecule has 28 heavy (non-hydrogen) atoms. The Kier molecular flexibility index (Phi) is 5.21. The molecule has 0 aliphatic carbocycles. The van der Waals surface area contributed by atoms with Gasteiger partial charge in [0.2, 0.25) is 5.91 Å². The normalized spacial score (nSPS) is 22.2. The fraction of sp³-hybridized carbons (Fsp3) is 0.409. The molecule has 4 rings (SSSR count). The lowest BCUT2D eigenvalue weighted by Crippen LogP contribution is -2.36. The van der Waals surface area contributed by atoms with E-state index in [2.05, 4.69) is 11.0 Å². The highest BCUT2D eigenvalue weighted by molar-refractivity contribution is 6.30. The minimum absolute atomic E-state index is 0.216. The molecule has 2 fully saturated rings. The molecule has 2 aromatic rings. The van der Waals surface area contributed by atoms with Gasteiger partial charge in [-0.2, -0.15) is 0 Å². The number of halogens is 1. The summed E-state index contributed by atoms with van der Waals surface area (Å²) in [5.41, 5.74) is 1.77. The Morgan fingerprint density at radius 2 is 1.82 bits per heavy atom. The van der Waals surface area contributed by atoms with Gasteiger partial charge in [-0.25, -0.2) is 0 Å². The van der Waals surface area contributed by atoms with Gasteiger partial charge in [0.15, 0.2) is 11.5 Å². The average molecular weight is 401 g/mol. The van der Waals surface area contributed by atoms with Crippen LogP contribution in [0, 0.1) is 5.41 Å². The van der Waals surface area contributed by atoms with E-state index in [1.165, 1.54) is 5.56 Å². The number of hydrogen-bond donors (Lipinski definition) is 0. The molecule has 1 amide bonds. The Balaban J connectivity index is 1.48. The molecule has 148 valence electrons. The first kappa shape index (κ1) is 19.1. The third-order valence-electron chi connectivity index (χ3n) is 5.92. The van der Waals surface area contributed by atoms with Gasteiger partial charge in [0, 0.05) is 36.4 Å². The van der Waals surface area contributed by atoms with Crippen LogP contribution in [0.3, 0.4) is 0 Å². The molecule has 2 saturated heterocycles. The first-order valence-electron chi connectivity index (χ1n) is 9.55. The Morgan fingerprint density at radius 1 is 1.04 bits per heavy atom. The number of rotatable bonds is 5. The van der Waals surface area contributed by atoms with Gasteiger partial charge in [-0.15, -0.1) is 0 Å². The lowest BCUT2D eigenvalue weighted by Gasteiger charge is -2.24. The summed E-state index contributed by atoms with van der Waals surface area (Å²) < 4.78 is 10.7. The Bertz CT molecular complexity index is 888. The fourth-order valence-electron chi connectivity index (χ4n) is 4.43. The van der Waals surface area contributed by atoms with Crippen LogP contribution in [0.5, 0.6) is 11.5 Å². The van der Waals surface area contributed by atoms with E-state index in [1.807, 2.05) is 41.3 Å². The molecule has 0 radical (unpaired) electrons. The van der Waals surface area contributed by atoms with Crippen molar-refractivity contribution in [3.8, 4) is 11.5 Å². The second-order valence-corrected chi connectivity index (χ2v) is 8.05. The van der Waals surface area contributed by atoms with Crippen molar-refractivity contribution in [1.29, 1.82) is 0 Å². The summed E-state index contributed by atoms with van der Waals surface area (Å²) in [6, 6.07) is 13.6. The van der Waals surface area contributed by atoms with E-state index in [9.17, 15) is 4.79 Å². The molecule has 2 aliphatic heterocycles. The Morgan fingerprint density at radius 3 is 2.57 bits per heavy atom. The van der Waals surface area contributed by atoms with Crippen LogP contribution in [0.25, 0.3) is 0 Å². The molecular formula is C22H25ClN2O3. The molecule has 2 aliphatic rings. The molecular weight excluding hydrogens is 376 g/mol. The molecule has 2 heterocycles. The van der Waals surface area contributed by atoms with Crippen molar-refractivity contribution in [2.45, 2.75) is 19.4 Å². The van der Waals surface area contributed by atoms with Crippen LogP contribution in [0.2, 0.25) is 5.02 Å². The van der Waals surface area contributed by atoms with E-state index in [1.54, 1.807) is 14.2 Å². The standard InChI is InChI=1S/C22H25ClN2O3/c1-27-19-7-6-18(13-20(19)28-2)25-11-9-22(21(25)26)8-10-24(15-22)14-16-4-3-5-17(23)12-16/h3-7,12-13H,8-11,14-15H2,1-2H3/t22-/m1/s1. The zero-order valence-electron chi connectivity index (χ0n) is 16.3. The van der Waals surface area contributed by atoms with Gasteiger partial charge < -0.3 is 14.4 Å². The van der Waals surface area contributed by atoms with Gasteiger partial charge >= 0.3 is 0 Å². The number of benzene rings is 2. The smallest absolute Gasteiger partial charge is 0.234 e. The molecule has 0 bridgehead atoms. The van der Waals surface area contributed by atoms with Crippen LogP contribution in [0.1, 0.15) is 18.4 Å². The second kappa shape index (κ2) is 7.64. The number of methoxy groups -OCH3 is 2. The zero-order chi connectivity index (χ0) is 19.7. The minimum Gasteiger partial charge on any atom is -0.493 e. The molecule has 5 nitrogen and oxygen atoms in total. The van der Waals surface area contributed by atoms with E-state index in [0.717, 1.165) is 49.7 Å². The van der Waals surface area contributed by atoms with Crippen LogP contribution in [-0.4, -0.2) is 44.7 Å². The highest BCUT2D eigenvalue weighted by Gasteiger charge is 2.50. The van der Waals surface area contributed by atoms with E-state index < -0.39 is 0 Å². The van der Waals surface area contributed by atoms with Gasteiger partial charge in [0.05, 0.1) is 19.6 Å². The van der Waals surface area contributed by atoms with E-state index in [4.69, 9.17) is 21.1 Å². The van der Waals surface area contributed by atoms with E-state index in [0.29, 0.717) is 11.5 Å². The first-order chi connectivity index (χ1) is 13.5. The van der Waals surface area contributed by atoms with Gasteiger partial charge in [0.25, 0.3) is 0 Å². The zero-order valence-corrected chi connectivity index (χ0v) is 17.0. The number of carbonyl (C=O) groups excluding carboxylic acids is 1. The molecule has 1 spiro atoms. The van der Waals surface area contributed by atoms with Crippen LogP contribution >= 0.6 is 11.6 Å². The quantitative estimate of drug-likeness (QED) is 0.761. The molecule has 1 atom stereocenters. The Labute approximate surface area is 170 Å². The number of anilines is 1. The maximum atomic E-state index is 13.3. The number of hydrogen-bond acceptors (Lipinski definition) is 4. The highest BCUT2D eigenvalue weighted by Crippen LogP contribution is 2.44. The van der Waals surface area contributed by atoms with Crippen LogP contribution in [0.15, 0.2) is 42.5 Å². The van der Waals surface area contributed by atoms with E-state index >= 15 is 0 Å². The summed E-state index contributed by atoms with van der Waals surface area (Å²) in [5.74, 6) is 1.53. The molecule has 0 saturated carbocycles. The lowest BCUT2D eigenvalue weighted by atomic mass is 9.85. The minimum atomic E-state index is -0.286. The predicted octanol–water partition coefficient (Wildman–Crippen LogP) is 3.99. The summed E-state index contributed by atoms with van der Waals surface area (Å²) in [5, 5.41) is 0.753. The van der Waals surface area contributed by atoms with Crippen molar-refractivity contribution in [2.75, 3.05) is 38.8 Å². The van der Waals surface area contributed by atoms with Crippen molar-refractivity contribution in [3.05, 3.63) is 53.1 Å². The van der Waals surface area contributed by atoms with Crippen molar-refractivity contribution in [1.82, 2.24) is 4.90 Å². The molecule has 6 heteroatoms. The van der Waals surface area contributed by atoms with Crippen LogP contribution in [-0.2, 0) is 11.3 Å². The predicted molar refractivity (Wildman–Crippen MR) is 110 cm³/mol. The number of carbonyl (C=O) groups is 1. The van der Waals surface area contributed by atoms with Crippen molar-refractivity contribution in [3.63, 3.8) is 0 Å². The lowest BCUT2D eigenvalue weighted by molar-refractivity contribution is -0.125. The molecule has 0 aromatic heterocycles. The number of likely N-dealkylation sites (tertiary alicyclic amines) is 1. The maximum absolute atomic E-state index is 13.3. The number of nitrogens with zero attached hydrogens (tertiary/aromatic N) is 2. The number of ether oxygens (including phenoxy) is 2. The summed E-state index contributed by atoms with van der Waals surface area (Å²) in [4.78, 5) is 17.6. The highest BCUT2D eigenvalue weighted by atomic mass is 35.5. The summed E-state index contributed by atoms with van der Waals surface area (Å²) in [7, 11) is 3.22. The third kappa shape index (κ3) is 3.45. The topological polar surface area (TPSA) is 42.0 Å². The van der Waals surface area contributed by atoms with Crippen molar-refractivity contribution in [2.24, 2.45) is 5.41 Å². The summed E-state index contributed by atoms with van der Waals surface area (Å²) in [6.07, 6.45) is 1.78. The average Bonchev–Trinajstić information content (AvgIpc) is 3.25.